The highest BCUT2D eigenvalue weighted by atomic mass is 16.4. The van der Waals surface area contributed by atoms with Crippen molar-refractivity contribution in [1.29, 1.82) is 0 Å². The van der Waals surface area contributed by atoms with Gasteiger partial charge in [-0.1, -0.05) is 20.8 Å². The second-order valence-electron chi connectivity index (χ2n) is 6.02. The standard InChI is InChI=1S/C13H22O3/c1-13(2,3)10-6-4-9(5-7-10)8-11(14)12(15)16/h9-10H,4-8H2,1-3H3,(H,15,16). The highest BCUT2D eigenvalue weighted by Gasteiger charge is 2.31. The molecule has 0 radical (unpaired) electrons. The maximum absolute atomic E-state index is 11.1. The summed E-state index contributed by atoms with van der Waals surface area (Å²) in [6.45, 7) is 6.75. The quantitative estimate of drug-likeness (QED) is 0.753. The van der Waals surface area contributed by atoms with Gasteiger partial charge in [-0.05, 0) is 42.9 Å². The summed E-state index contributed by atoms with van der Waals surface area (Å²) in [6.07, 6.45) is 4.48. The van der Waals surface area contributed by atoms with E-state index in [1.807, 2.05) is 0 Å². The van der Waals surface area contributed by atoms with Crippen LogP contribution in [0.4, 0.5) is 0 Å². The summed E-state index contributed by atoms with van der Waals surface area (Å²) in [5.41, 5.74) is 0.335. The minimum atomic E-state index is -1.28. The first-order valence-corrected chi connectivity index (χ1v) is 6.07. The molecule has 0 unspecified atom stereocenters. The molecule has 3 nitrogen and oxygen atoms in total. The molecule has 0 atom stereocenters. The molecule has 0 heterocycles. The van der Waals surface area contributed by atoms with Gasteiger partial charge < -0.3 is 5.11 Å². The van der Waals surface area contributed by atoms with Crippen molar-refractivity contribution in [3.63, 3.8) is 0 Å². The highest BCUT2D eigenvalue weighted by Crippen LogP contribution is 2.40. The summed E-state index contributed by atoms with van der Waals surface area (Å²) in [7, 11) is 0. The summed E-state index contributed by atoms with van der Waals surface area (Å²) in [5.74, 6) is -0.900. The van der Waals surface area contributed by atoms with E-state index in [4.69, 9.17) is 5.11 Å². The van der Waals surface area contributed by atoms with Gasteiger partial charge in [0.25, 0.3) is 0 Å². The average Bonchev–Trinajstić information content (AvgIpc) is 2.17. The minimum absolute atomic E-state index is 0.228. The highest BCUT2D eigenvalue weighted by molar-refractivity contribution is 6.32. The van der Waals surface area contributed by atoms with Gasteiger partial charge in [0.15, 0.2) is 0 Å². The molecule has 16 heavy (non-hydrogen) atoms. The molecule has 0 bridgehead atoms. The van der Waals surface area contributed by atoms with Crippen molar-refractivity contribution in [2.45, 2.75) is 52.9 Å². The molecule has 0 aromatic carbocycles. The van der Waals surface area contributed by atoms with Crippen molar-refractivity contribution >= 4 is 11.8 Å². The molecular weight excluding hydrogens is 204 g/mol. The zero-order valence-electron chi connectivity index (χ0n) is 10.5. The largest absolute Gasteiger partial charge is 0.476 e. The lowest BCUT2D eigenvalue weighted by atomic mass is 9.69. The topological polar surface area (TPSA) is 54.4 Å². The van der Waals surface area contributed by atoms with E-state index in [2.05, 4.69) is 20.8 Å². The minimum Gasteiger partial charge on any atom is -0.476 e. The van der Waals surface area contributed by atoms with Crippen LogP contribution in [0.1, 0.15) is 52.9 Å². The van der Waals surface area contributed by atoms with Gasteiger partial charge in [0.05, 0.1) is 0 Å². The van der Waals surface area contributed by atoms with Crippen molar-refractivity contribution in [2.75, 3.05) is 0 Å². The lowest BCUT2D eigenvalue weighted by Crippen LogP contribution is -2.27. The fourth-order valence-electron chi connectivity index (χ4n) is 2.58. The van der Waals surface area contributed by atoms with Crippen molar-refractivity contribution in [3.8, 4) is 0 Å². The van der Waals surface area contributed by atoms with Crippen LogP contribution in [-0.2, 0) is 9.59 Å². The summed E-state index contributed by atoms with van der Waals surface area (Å²) in [5, 5.41) is 8.54. The summed E-state index contributed by atoms with van der Waals surface area (Å²) in [4.78, 5) is 21.5. The van der Waals surface area contributed by atoms with Crippen LogP contribution in [0.15, 0.2) is 0 Å². The molecule has 1 rings (SSSR count). The fraction of sp³-hybridized carbons (Fsp3) is 0.846. The summed E-state index contributed by atoms with van der Waals surface area (Å²) < 4.78 is 0. The van der Waals surface area contributed by atoms with E-state index in [1.165, 1.54) is 0 Å². The van der Waals surface area contributed by atoms with E-state index in [-0.39, 0.29) is 6.42 Å². The third-order valence-corrected chi connectivity index (χ3v) is 3.78. The smallest absolute Gasteiger partial charge is 0.372 e. The number of ketones is 1. The van der Waals surface area contributed by atoms with Crippen LogP contribution in [0.3, 0.4) is 0 Å². The molecule has 3 heteroatoms. The van der Waals surface area contributed by atoms with Crippen molar-refractivity contribution in [1.82, 2.24) is 0 Å². The Morgan fingerprint density at radius 1 is 1.12 bits per heavy atom. The van der Waals surface area contributed by atoms with Crippen LogP contribution in [-0.4, -0.2) is 16.9 Å². The number of carboxylic acid groups (broad SMARTS) is 1. The molecular formula is C13H22O3. The van der Waals surface area contributed by atoms with Crippen molar-refractivity contribution in [2.24, 2.45) is 17.3 Å². The third-order valence-electron chi connectivity index (χ3n) is 3.78. The summed E-state index contributed by atoms with van der Waals surface area (Å²) in [6, 6.07) is 0. The van der Waals surface area contributed by atoms with Gasteiger partial charge in [-0.3, -0.25) is 4.79 Å². The molecule has 1 aliphatic rings. The number of carbonyl (C=O) groups is 2. The van der Waals surface area contributed by atoms with E-state index >= 15 is 0 Å². The molecule has 92 valence electrons. The second kappa shape index (κ2) is 4.98. The molecule has 0 saturated heterocycles. The molecule has 1 N–H and O–H groups in total. The normalized spacial score (nSPS) is 26.4. The Bertz CT molecular complexity index is 267. The Morgan fingerprint density at radius 3 is 2.00 bits per heavy atom. The lowest BCUT2D eigenvalue weighted by Gasteiger charge is -2.36. The SMILES string of the molecule is CC(C)(C)C1CCC(CC(=O)C(=O)O)CC1. The molecule has 1 aliphatic carbocycles. The maximum atomic E-state index is 11.1. The van der Waals surface area contributed by atoms with E-state index in [1.54, 1.807) is 0 Å². The van der Waals surface area contributed by atoms with Crippen LogP contribution < -0.4 is 0 Å². The van der Waals surface area contributed by atoms with E-state index in [0.29, 0.717) is 17.3 Å². The predicted molar refractivity (Wildman–Crippen MR) is 62.2 cm³/mol. The van der Waals surface area contributed by atoms with E-state index in [9.17, 15) is 9.59 Å². The lowest BCUT2D eigenvalue weighted by molar-refractivity contribution is -0.149. The predicted octanol–water partition coefficient (Wildman–Crippen LogP) is 2.88. The first kappa shape index (κ1) is 13.2. The van der Waals surface area contributed by atoms with Gasteiger partial charge in [-0.15, -0.1) is 0 Å². The molecule has 0 aromatic heterocycles. The Labute approximate surface area is 97.2 Å². The van der Waals surface area contributed by atoms with Crippen LogP contribution in [0.2, 0.25) is 0 Å². The number of Topliss-reactive ketones (excluding diaryl/α,β-unsaturated/α-hetero) is 1. The number of carbonyl (C=O) groups excluding carboxylic acids is 1. The second-order valence-corrected chi connectivity index (χ2v) is 6.02. The Kier molecular flexibility index (Phi) is 4.11. The monoisotopic (exact) mass is 226 g/mol. The number of hydrogen-bond acceptors (Lipinski definition) is 2. The molecule has 1 saturated carbocycles. The third kappa shape index (κ3) is 3.62. The number of hydrogen-bond donors (Lipinski definition) is 1. The Balaban J connectivity index is 2.38. The van der Waals surface area contributed by atoms with Gasteiger partial charge in [-0.25, -0.2) is 4.79 Å². The zero-order valence-corrected chi connectivity index (χ0v) is 10.5. The average molecular weight is 226 g/mol. The first-order chi connectivity index (χ1) is 7.30. The summed E-state index contributed by atoms with van der Waals surface area (Å²) >= 11 is 0. The molecule has 0 spiro atoms. The Morgan fingerprint density at radius 2 is 1.62 bits per heavy atom. The van der Waals surface area contributed by atoms with E-state index < -0.39 is 11.8 Å². The first-order valence-electron chi connectivity index (χ1n) is 6.07. The number of carboxylic acids is 1. The molecule has 0 aliphatic heterocycles. The maximum Gasteiger partial charge on any atom is 0.372 e. The van der Waals surface area contributed by atoms with Crippen LogP contribution in [0.25, 0.3) is 0 Å². The van der Waals surface area contributed by atoms with Crippen LogP contribution >= 0.6 is 0 Å². The van der Waals surface area contributed by atoms with Gasteiger partial charge in [0.1, 0.15) is 0 Å². The molecule has 0 amide bonds. The molecule has 0 aromatic rings. The Hall–Kier alpha value is -0.860. The van der Waals surface area contributed by atoms with Crippen LogP contribution in [0.5, 0.6) is 0 Å². The van der Waals surface area contributed by atoms with Gasteiger partial charge in [0, 0.05) is 6.42 Å². The van der Waals surface area contributed by atoms with Gasteiger partial charge in [-0.2, -0.15) is 0 Å². The van der Waals surface area contributed by atoms with E-state index in [0.717, 1.165) is 25.7 Å². The van der Waals surface area contributed by atoms with Gasteiger partial charge in [0.2, 0.25) is 5.78 Å². The molecule has 1 fully saturated rings. The van der Waals surface area contributed by atoms with Gasteiger partial charge >= 0.3 is 5.97 Å². The number of aliphatic carboxylic acids is 1. The van der Waals surface area contributed by atoms with Crippen LogP contribution in [0, 0.1) is 17.3 Å². The zero-order chi connectivity index (χ0) is 12.3. The fourth-order valence-corrected chi connectivity index (χ4v) is 2.58. The van der Waals surface area contributed by atoms with Crippen molar-refractivity contribution < 1.29 is 14.7 Å². The van der Waals surface area contributed by atoms with Crippen molar-refractivity contribution in [3.05, 3.63) is 0 Å². The number of rotatable bonds is 3.